The minimum Gasteiger partial charge on any atom is -0.377 e. The summed E-state index contributed by atoms with van der Waals surface area (Å²) in [6.07, 6.45) is 7.96. The first-order chi connectivity index (χ1) is 18.2. The molecule has 1 N–H and O–H groups in total. The second kappa shape index (κ2) is 10.8. The number of H-pyrrole nitrogens is 1. The number of aromatic nitrogens is 5. The van der Waals surface area contributed by atoms with Gasteiger partial charge in [0.05, 0.1) is 17.7 Å². The number of nitrogens with one attached hydrogen (secondary N) is 1. The molecule has 0 bridgehead atoms. The van der Waals surface area contributed by atoms with Crippen LogP contribution in [-0.2, 0) is 11.3 Å². The fourth-order valence-corrected chi connectivity index (χ4v) is 6.71. The number of hydrogen-bond donors (Lipinski definition) is 1. The number of aromatic amines is 1. The molecular weight excluding hydrogens is 484 g/mol. The van der Waals surface area contributed by atoms with E-state index in [9.17, 15) is 4.79 Å². The van der Waals surface area contributed by atoms with E-state index < -0.39 is 6.04 Å². The molecule has 2 atom stereocenters. The van der Waals surface area contributed by atoms with Crippen molar-refractivity contribution in [2.75, 3.05) is 13.2 Å². The highest BCUT2D eigenvalue weighted by atomic mass is 32.1. The van der Waals surface area contributed by atoms with Crippen molar-refractivity contribution in [2.24, 2.45) is 0 Å². The number of nitrogens with zero attached hydrogens (tertiary/aromatic N) is 5. The van der Waals surface area contributed by atoms with E-state index in [1.807, 2.05) is 29.8 Å². The highest BCUT2D eigenvalue weighted by Gasteiger charge is 2.35. The number of aryl methyl sites for hydroxylation is 1. The smallest absolute Gasteiger partial charge is 0.253 e. The van der Waals surface area contributed by atoms with Gasteiger partial charge in [-0.2, -0.15) is 0 Å². The van der Waals surface area contributed by atoms with Crippen molar-refractivity contribution in [3.8, 4) is 0 Å². The fraction of sp³-hybridized carbons (Fsp3) is 0.500. The summed E-state index contributed by atoms with van der Waals surface area (Å²) >= 11 is 1.73. The molecule has 3 aromatic heterocycles. The van der Waals surface area contributed by atoms with Gasteiger partial charge < -0.3 is 9.72 Å². The average molecular weight is 519 g/mol. The lowest BCUT2D eigenvalue weighted by molar-refractivity contribution is 0.0571. The van der Waals surface area contributed by atoms with Crippen LogP contribution in [0.5, 0.6) is 0 Å². The van der Waals surface area contributed by atoms with Gasteiger partial charge in [-0.3, -0.25) is 9.69 Å². The Labute approximate surface area is 220 Å². The summed E-state index contributed by atoms with van der Waals surface area (Å²) in [5.74, 6) is 0.749. The lowest BCUT2D eigenvalue weighted by Gasteiger charge is -2.33. The zero-order chi connectivity index (χ0) is 25.2. The highest BCUT2D eigenvalue weighted by Crippen LogP contribution is 2.35. The molecule has 37 heavy (non-hydrogen) atoms. The third-order valence-electron chi connectivity index (χ3n) is 7.86. The Hall–Kier alpha value is -2.88. The number of rotatable bonds is 8. The number of fused-ring (bicyclic) bond motifs is 1. The first kappa shape index (κ1) is 24.5. The van der Waals surface area contributed by atoms with Gasteiger partial charge >= 0.3 is 0 Å². The number of benzene rings is 1. The molecule has 194 valence electrons. The Balaban J connectivity index is 1.50. The fourth-order valence-electron chi connectivity index (χ4n) is 5.98. The molecule has 1 saturated carbocycles. The molecule has 2 aliphatic rings. The predicted octanol–water partition coefficient (Wildman–Crippen LogP) is 5.16. The minimum absolute atomic E-state index is 0.0893. The first-order valence-corrected chi connectivity index (χ1v) is 14.3. The van der Waals surface area contributed by atoms with E-state index >= 15 is 0 Å². The average Bonchev–Trinajstić information content (AvgIpc) is 3.70. The molecule has 0 amide bonds. The molecular formula is C28H34N6O2S. The molecule has 4 heterocycles. The Morgan fingerprint density at radius 2 is 2.05 bits per heavy atom. The predicted molar refractivity (Wildman–Crippen MR) is 145 cm³/mol. The third kappa shape index (κ3) is 5.12. The summed E-state index contributed by atoms with van der Waals surface area (Å²) in [7, 11) is 0. The maximum Gasteiger partial charge on any atom is 0.253 e. The Bertz CT molecular complexity index is 1390. The number of tetrazole rings is 1. The van der Waals surface area contributed by atoms with Crippen LogP contribution < -0.4 is 5.56 Å². The van der Waals surface area contributed by atoms with Crippen LogP contribution in [0.2, 0.25) is 0 Å². The van der Waals surface area contributed by atoms with Gasteiger partial charge in [0.25, 0.3) is 5.56 Å². The summed E-state index contributed by atoms with van der Waals surface area (Å²) in [6, 6.07) is 12.3. The van der Waals surface area contributed by atoms with E-state index in [4.69, 9.17) is 4.74 Å². The van der Waals surface area contributed by atoms with Crippen LogP contribution in [0.1, 0.15) is 78.9 Å². The molecule has 0 unspecified atom stereocenters. The van der Waals surface area contributed by atoms with Crippen molar-refractivity contribution in [3.63, 3.8) is 0 Å². The van der Waals surface area contributed by atoms with Gasteiger partial charge in [0.1, 0.15) is 6.04 Å². The van der Waals surface area contributed by atoms with Gasteiger partial charge in [-0.05, 0) is 71.5 Å². The molecule has 1 aliphatic heterocycles. The normalized spacial score (nSPS) is 19.7. The van der Waals surface area contributed by atoms with E-state index in [0.717, 1.165) is 54.6 Å². The minimum atomic E-state index is -0.392. The van der Waals surface area contributed by atoms with Crippen molar-refractivity contribution in [3.05, 3.63) is 74.0 Å². The lowest BCUT2D eigenvalue weighted by atomic mass is 9.95. The summed E-state index contributed by atoms with van der Waals surface area (Å²) in [5.41, 5.74) is 2.53. The molecule has 0 spiro atoms. The summed E-state index contributed by atoms with van der Waals surface area (Å²) in [4.78, 5) is 20.6. The van der Waals surface area contributed by atoms with E-state index in [1.54, 1.807) is 11.3 Å². The van der Waals surface area contributed by atoms with Crippen LogP contribution in [0.3, 0.4) is 0 Å². The topological polar surface area (TPSA) is 88.9 Å². The monoisotopic (exact) mass is 518 g/mol. The van der Waals surface area contributed by atoms with Crippen molar-refractivity contribution in [1.29, 1.82) is 0 Å². The maximum atomic E-state index is 13.8. The van der Waals surface area contributed by atoms with Crippen LogP contribution in [0, 0.1) is 6.92 Å². The second-order valence-corrected chi connectivity index (χ2v) is 11.4. The van der Waals surface area contributed by atoms with Crippen LogP contribution in [-0.4, -0.2) is 49.3 Å². The zero-order valence-electron chi connectivity index (χ0n) is 21.3. The molecule has 2 fully saturated rings. The number of ether oxygens (including phenoxy) is 1. The summed E-state index contributed by atoms with van der Waals surface area (Å²) in [6.45, 7) is 4.23. The lowest BCUT2D eigenvalue weighted by Crippen LogP contribution is -2.39. The molecule has 1 aliphatic carbocycles. The zero-order valence-corrected chi connectivity index (χ0v) is 22.1. The Morgan fingerprint density at radius 3 is 2.84 bits per heavy atom. The van der Waals surface area contributed by atoms with Crippen LogP contribution >= 0.6 is 11.3 Å². The Kier molecular flexibility index (Phi) is 7.17. The van der Waals surface area contributed by atoms with E-state index in [1.165, 1.54) is 24.1 Å². The van der Waals surface area contributed by atoms with Gasteiger partial charge in [0.2, 0.25) is 0 Å². The quantitative estimate of drug-likeness (QED) is 0.347. The van der Waals surface area contributed by atoms with Crippen LogP contribution in [0.25, 0.3) is 10.9 Å². The maximum absolute atomic E-state index is 13.8. The van der Waals surface area contributed by atoms with Gasteiger partial charge in [0.15, 0.2) is 5.82 Å². The van der Waals surface area contributed by atoms with Crippen molar-refractivity contribution >= 4 is 22.2 Å². The number of hydrogen-bond acceptors (Lipinski definition) is 7. The first-order valence-electron chi connectivity index (χ1n) is 13.5. The van der Waals surface area contributed by atoms with Crippen molar-refractivity contribution in [1.82, 2.24) is 30.1 Å². The van der Waals surface area contributed by atoms with Gasteiger partial charge in [-0.15, -0.1) is 16.4 Å². The largest absolute Gasteiger partial charge is 0.377 e. The van der Waals surface area contributed by atoms with E-state index in [2.05, 4.69) is 49.0 Å². The molecule has 4 aromatic rings. The molecule has 9 heteroatoms. The highest BCUT2D eigenvalue weighted by molar-refractivity contribution is 7.09. The Morgan fingerprint density at radius 1 is 1.16 bits per heavy atom. The second-order valence-electron chi connectivity index (χ2n) is 10.4. The number of pyridine rings is 1. The molecule has 8 nitrogen and oxygen atoms in total. The summed E-state index contributed by atoms with van der Waals surface area (Å²) < 4.78 is 8.10. The summed E-state index contributed by atoms with van der Waals surface area (Å²) in [5, 5.41) is 16.4. The molecule has 0 radical (unpaired) electrons. The molecule has 1 saturated heterocycles. The van der Waals surface area contributed by atoms with E-state index in [-0.39, 0.29) is 17.7 Å². The SMILES string of the molecule is Cc1cccc2cc([C@@H](c3nnnn3C3CCCCC3)N(Cc3cccs3)C[C@@H]3CCCO3)c(=O)[nH]c12. The standard InChI is InChI=1S/C28H34N6O2S/c1-19-8-5-9-20-16-24(28(35)29-25(19)20)26(27-30-31-32-34(27)21-10-3-2-4-11-21)33(17-22-12-6-14-36-22)18-23-13-7-15-37-23/h5,7-9,13,15-16,21-22,26H,2-4,6,10-12,14,17-18H2,1H3,(H,29,35)/t22-,26-/m0/s1. The van der Waals surface area contributed by atoms with E-state index in [0.29, 0.717) is 18.7 Å². The van der Waals surface area contributed by atoms with Crippen molar-refractivity contribution in [2.45, 2.75) is 76.6 Å². The number of thiophene rings is 1. The van der Waals surface area contributed by atoms with Gasteiger partial charge in [0, 0.05) is 30.1 Å². The van der Waals surface area contributed by atoms with Crippen LogP contribution in [0.15, 0.2) is 46.6 Å². The molecule has 1 aromatic carbocycles. The third-order valence-corrected chi connectivity index (χ3v) is 8.72. The van der Waals surface area contributed by atoms with Crippen molar-refractivity contribution < 1.29 is 4.74 Å². The number of para-hydroxylation sites is 1. The molecule has 6 rings (SSSR count). The van der Waals surface area contributed by atoms with Gasteiger partial charge in [-0.25, -0.2) is 4.68 Å². The van der Waals surface area contributed by atoms with Gasteiger partial charge in [-0.1, -0.05) is 43.5 Å². The van der Waals surface area contributed by atoms with Crippen LogP contribution in [0.4, 0.5) is 0 Å².